The Hall–Kier alpha value is -0.536. The number of hydrogen-bond acceptors (Lipinski definition) is 7. The highest BCUT2D eigenvalue weighted by molar-refractivity contribution is 6.61. The number of nitrogens with zero attached hydrogens (tertiary/aromatic N) is 1. The van der Waals surface area contributed by atoms with Crippen molar-refractivity contribution in [3.63, 3.8) is 0 Å². The minimum atomic E-state index is -2.76. The van der Waals surface area contributed by atoms with Gasteiger partial charge in [-0.25, -0.2) is 4.79 Å². The summed E-state index contributed by atoms with van der Waals surface area (Å²) in [5, 5.41) is 0. The summed E-state index contributed by atoms with van der Waals surface area (Å²) >= 11 is 0. The molecule has 0 aliphatic carbocycles. The van der Waals surface area contributed by atoms with E-state index in [0.717, 1.165) is 0 Å². The molecule has 0 bridgehead atoms. The first-order chi connectivity index (χ1) is 10.4. The number of rotatable bonds is 12. The molecular formula is C11H28N2O7Si2. The number of carbonyl (C=O) groups excluding carboxylic acids is 1. The zero-order chi connectivity index (χ0) is 17.2. The summed E-state index contributed by atoms with van der Waals surface area (Å²) in [5.74, 6) is 0. The summed E-state index contributed by atoms with van der Waals surface area (Å²) in [6, 6.07) is 0.319. The smallest absolute Gasteiger partial charge is 0.377 e. The summed E-state index contributed by atoms with van der Waals surface area (Å²) < 4.78 is 32.0. The van der Waals surface area contributed by atoms with Gasteiger partial charge in [0.15, 0.2) is 0 Å². The second-order valence-electron chi connectivity index (χ2n) is 4.42. The fourth-order valence-electron chi connectivity index (χ4n) is 1.99. The van der Waals surface area contributed by atoms with Crippen LogP contribution in [0, 0.1) is 0 Å². The molecule has 2 N–H and O–H groups in total. The summed E-state index contributed by atoms with van der Waals surface area (Å²) in [4.78, 5) is 13.1. The maximum Gasteiger partial charge on any atom is 0.501 e. The van der Waals surface area contributed by atoms with Crippen molar-refractivity contribution in [3.05, 3.63) is 0 Å². The van der Waals surface area contributed by atoms with E-state index in [4.69, 9.17) is 32.3 Å². The molecule has 0 saturated carbocycles. The molecule has 0 heterocycles. The fraction of sp³-hybridized carbons (Fsp3) is 0.909. The van der Waals surface area contributed by atoms with Crippen LogP contribution < -0.4 is 5.73 Å². The standard InChI is InChI=1S/C11H28N2O7Si2/c1-15-21(16-2,17-3)9-7-13(11(12)14)8-10-22(18-4,19-5)20-6/h7-10H2,1-6H3,(H2,12,14). The predicted octanol–water partition coefficient (Wildman–Crippen LogP) is 0.123. The van der Waals surface area contributed by atoms with Crippen molar-refractivity contribution in [2.75, 3.05) is 55.7 Å². The van der Waals surface area contributed by atoms with Crippen molar-refractivity contribution in [2.24, 2.45) is 5.73 Å². The SMILES string of the molecule is CO[Si](CCN(CC[Si](OC)(OC)OC)C(N)=O)(OC)OC. The molecule has 22 heavy (non-hydrogen) atoms. The van der Waals surface area contributed by atoms with Gasteiger partial charge in [-0.05, 0) is 0 Å². The van der Waals surface area contributed by atoms with Gasteiger partial charge in [-0.3, -0.25) is 0 Å². The molecule has 0 saturated heterocycles. The zero-order valence-electron chi connectivity index (χ0n) is 14.2. The van der Waals surface area contributed by atoms with Gasteiger partial charge in [-0.2, -0.15) is 0 Å². The van der Waals surface area contributed by atoms with Crippen molar-refractivity contribution < 1.29 is 31.4 Å². The molecule has 0 fully saturated rings. The van der Waals surface area contributed by atoms with E-state index in [0.29, 0.717) is 25.2 Å². The Morgan fingerprint density at radius 2 is 1.05 bits per heavy atom. The zero-order valence-corrected chi connectivity index (χ0v) is 16.2. The van der Waals surface area contributed by atoms with Crippen LogP contribution >= 0.6 is 0 Å². The first-order valence-corrected chi connectivity index (χ1v) is 10.6. The number of hydrogen-bond donors (Lipinski definition) is 1. The Morgan fingerprint density at radius 1 is 0.773 bits per heavy atom. The Kier molecular flexibility index (Phi) is 10.0. The average Bonchev–Trinajstić information content (AvgIpc) is 2.55. The molecule has 0 aromatic heterocycles. The van der Waals surface area contributed by atoms with Crippen LogP contribution in [-0.2, 0) is 26.6 Å². The lowest BCUT2D eigenvalue weighted by atomic mass is 10.5. The Labute approximate surface area is 134 Å². The van der Waals surface area contributed by atoms with Crippen LogP contribution in [0.3, 0.4) is 0 Å². The highest BCUT2D eigenvalue weighted by Crippen LogP contribution is 2.16. The van der Waals surface area contributed by atoms with Crippen LogP contribution in [0.15, 0.2) is 0 Å². The van der Waals surface area contributed by atoms with Gasteiger partial charge < -0.3 is 37.2 Å². The molecular weight excluding hydrogens is 328 g/mol. The number of nitrogens with two attached hydrogens (primary N) is 1. The Balaban J connectivity index is 4.72. The van der Waals surface area contributed by atoms with Crippen molar-refractivity contribution in [2.45, 2.75) is 12.1 Å². The quantitative estimate of drug-likeness (QED) is 0.496. The number of carbonyl (C=O) groups is 1. The summed E-state index contributed by atoms with van der Waals surface area (Å²) in [6.45, 7) is 0.692. The van der Waals surface area contributed by atoms with Gasteiger partial charge in [0.2, 0.25) is 0 Å². The van der Waals surface area contributed by atoms with Crippen LogP contribution in [0.1, 0.15) is 0 Å². The first kappa shape index (κ1) is 21.5. The molecule has 2 amide bonds. The van der Waals surface area contributed by atoms with Gasteiger partial charge in [-0.1, -0.05) is 0 Å². The van der Waals surface area contributed by atoms with E-state index in [-0.39, 0.29) is 0 Å². The van der Waals surface area contributed by atoms with E-state index in [9.17, 15) is 4.79 Å². The summed E-state index contributed by atoms with van der Waals surface area (Å²) in [6.07, 6.45) is 0. The minimum absolute atomic E-state index is 0.346. The van der Waals surface area contributed by atoms with E-state index in [2.05, 4.69) is 0 Å². The van der Waals surface area contributed by atoms with Gasteiger partial charge >= 0.3 is 23.6 Å². The van der Waals surface area contributed by atoms with Crippen LogP contribution in [0.5, 0.6) is 0 Å². The van der Waals surface area contributed by atoms with Gasteiger partial charge in [0.25, 0.3) is 0 Å². The molecule has 0 spiro atoms. The van der Waals surface area contributed by atoms with Gasteiger partial charge in [-0.15, -0.1) is 0 Å². The van der Waals surface area contributed by atoms with E-state index < -0.39 is 23.6 Å². The van der Waals surface area contributed by atoms with E-state index in [1.54, 1.807) is 0 Å². The second-order valence-corrected chi connectivity index (χ2v) is 10.6. The molecule has 0 rings (SSSR count). The molecule has 0 aliphatic rings. The summed E-state index contributed by atoms with van der Waals surface area (Å²) in [5.41, 5.74) is 5.42. The maximum absolute atomic E-state index is 11.6. The molecule has 0 unspecified atom stereocenters. The maximum atomic E-state index is 11.6. The van der Waals surface area contributed by atoms with Gasteiger partial charge in [0.1, 0.15) is 0 Å². The third-order valence-electron chi connectivity index (χ3n) is 3.55. The minimum Gasteiger partial charge on any atom is -0.377 e. The Morgan fingerprint density at radius 3 is 1.23 bits per heavy atom. The van der Waals surface area contributed by atoms with Crippen molar-refractivity contribution in [1.29, 1.82) is 0 Å². The van der Waals surface area contributed by atoms with Gasteiger partial charge in [0.05, 0.1) is 0 Å². The number of amides is 2. The average molecular weight is 357 g/mol. The number of urea groups is 1. The van der Waals surface area contributed by atoms with Crippen LogP contribution in [-0.4, -0.2) is 84.3 Å². The summed E-state index contributed by atoms with van der Waals surface area (Å²) in [7, 11) is 3.61. The molecule has 0 aromatic carbocycles. The van der Waals surface area contributed by atoms with E-state index in [1.165, 1.54) is 47.6 Å². The van der Waals surface area contributed by atoms with Crippen molar-refractivity contribution >= 4 is 23.6 Å². The lowest BCUT2D eigenvalue weighted by Crippen LogP contribution is -2.50. The lowest BCUT2D eigenvalue weighted by molar-refractivity contribution is 0.115. The first-order valence-electron chi connectivity index (χ1n) is 6.73. The van der Waals surface area contributed by atoms with Crippen LogP contribution in [0.4, 0.5) is 4.79 Å². The highest BCUT2D eigenvalue weighted by Gasteiger charge is 2.40. The lowest BCUT2D eigenvalue weighted by Gasteiger charge is -2.30. The predicted molar refractivity (Wildman–Crippen MR) is 84.3 cm³/mol. The van der Waals surface area contributed by atoms with E-state index >= 15 is 0 Å². The number of primary amides is 1. The third-order valence-corrected chi connectivity index (χ3v) is 8.96. The van der Waals surface area contributed by atoms with Crippen LogP contribution in [0.2, 0.25) is 12.1 Å². The fourth-order valence-corrected chi connectivity index (χ4v) is 5.30. The van der Waals surface area contributed by atoms with Crippen LogP contribution in [0.25, 0.3) is 0 Å². The highest BCUT2D eigenvalue weighted by atomic mass is 28.4. The molecule has 0 radical (unpaired) electrons. The molecule has 132 valence electrons. The van der Waals surface area contributed by atoms with Crippen molar-refractivity contribution in [3.8, 4) is 0 Å². The normalized spacial score (nSPS) is 12.5. The molecule has 9 nitrogen and oxygen atoms in total. The largest absolute Gasteiger partial charge is 0.501 e. The topological polar surface area (TPSA) is 102 Å². The molecule has 0 atom stereocenters. The third kappa shape index (κ3) is 5.93. The molecule has 0 aromatic rings. The molecule has 0 aliphatic heterocycles. The van der Waals surface area contributed by atoms with Gasteiger partial charge in [0, 0.05) is 67.8 Å². The second kappa shape index (κ2) is 10.3. The Bertz CT molecular complexity index is 287. The monoisotopic (exact) mass is 356 g/mol. The molecule has 11 heteroatoms. The van der Waals surface area contributed by atoms with E-state index in [1.807, 2.05) is 0 Å². The van der Waals surface area contributed by atoms with Crippen molar-refractivity contribution in [1.82, 2.24) is 4.90 Å².